The van der Waals surface area contributed by atoms with E-state index in [1.165, 1.54) is 6.42 Å². The van der Waals surface area contributed by atoms with Gasteiger partial charge in [0.15, 0.2) is 5.41 Å². The van der Waals surface area contributed by atoms with Gasteiger partial charge < -0.3 is 10.8 Å². The molecule has 0 spiro atoms. The third-order valence-corrected chi connectivity index (χ3v) is 4.92. The molecule has 1 aliphatic carbocycles. The maximum atomic E-state index is 12.2. The number of carbonyl (C=O) groups is 2. The largest absolute Gasteiger partial charge is 0.480 e. The van der Waals surface area contributed by atoms with Crippen molar-refractivity contribution in [3.05, 3.63) is 35.4 Å². The molecule has 0 heterocycles. The molecule has 1 aromatic rings. The molecule has 2 rings (SSSR count). The monoisotopic (exact) mass is 302 g/mol. The van der Waals surface area contributed by atoms with Gasteiger partial charge in [-0.2, -0.15) is 0 Å². The second-order valence-electron chi connectivity index (χ2n) is 6.47. The Balaban J connectivity index is 2.62. The molecule has 0 aliphatic heterocycles. The Kier molecular flexibility index (Phi) is 4.89. The first-order valence-electron chi connectivity index (χ1n) is 7.96. The standard InChI is InChI=1S/C18H24NO3/c1-12(2)18(16(19)20,17(21)22)15-11-7-6-10-14(15)13-8-4-3-5-9-13/h6-7,10,12-13H,3-5,8-9H2,1-2H3,(H2,19,20)(H,21,22). The molecular weight excluding hydrogens is 278 g/mol. The molecule has 1 fully saturated rings. The van der Waals surface area contributed by atoms with E-state index in [1.54, 1.807) is 19.9 Å². The summed E-state index contributed by atoms with van der Waals surface area (Å²) in [6.45, 7) is 3.45. The minimum Gasteiger partial charge on any atom is -0.480 e. The molecule has 3 N–H and O–H groups in total. The summed E-state index contributed by atoms with van der Waals surface area (Å²) in [5.41, 5.74) is 5.23. The first kappa shape index (κ1) is 16.5. The van der Waals surface area contributed by atoms with Crippen LogP contribution in [0.25, 0.3) is 0 Å². The first-order valence-corrected chi connectivity index (χ1v) is 7.96. The maximum Gasteiger partial charge on any atom is 0.324 e. The van der Waals surface area contributed by atoms with Crippen LogP contribution in [-0.2, 0) is 15.0 Å². The molecule has 1 amide bonds. The number of carbonyl (C=O) groups excluding carboxylic acids is 1. The van der Waals surface area contributed by atoms with E-state index in [0.717, 1.165) is 31.2 Å². The summed E-state index contributed by atoms with van der Waals surface area (Å²) in [5, 5.41) is 9.82. The SMILES string of the molecule is CC(C)C(C(N)=O)(C(=O)O)c1[c]cccc1C1CCCCC1. The fourth-order valence-electron chi connectivity index (χ4n) is 3.70. The van der Waals surface area contributed by atoms with E-state index >= 15 is 0 Å². The van der Waals surface area contributed by atoms with Gasteiger partial charge in [-0.3, -0.25) is 9.59 Å². The van der Waals surface area contributed by atoms with Crippen molar-refractivity contribution >= 4 is 11.9 Å². The number of hydrogen-bond acceptors (Lipinski definition) is 2. The predicted molar refractivity (Wildman–Crippen MR) is 84.5 cm³/mol. The van der Waals surface area contributed by atoms with Crippen LogP contribution >= 0.6 is 0 Å². The van der Waals surface area contributed by atoms with Gasteiger partial charge in [-0.1, -0.05) is 51.3 Å². The van der Waals surface area contributed by atoms with Crippen molar-refractivity contribution in [3.8, 4) is 0 Å². The Morgan fingerprint density at radius 1 is 1.32 bits per heavy atom. The highest BCUT2D eigenvalue weighted by molar-refractivity contribution is 6.08. The van der Waals surface area contributed by atoms with Crippen LogP contribution < -0.4 is 5.73 Å². The number of carboxylic acids is 1. The van der Waals surface area contributed by atoms with Gasteiger partial charge in [-0.15, -0.1) is 0 Å². The molecule has 0 bridgehead atoms. The van der Waals surface area contributed by atoms with Crippen LogP contribution in [0, 0.1) is 12.0 Å². The lowest BCUT2D eigenvalue weighted by Gasteiger charge is -2.34. The van der Waals surface area contributed by atoms with E-state index in [2.05, 4.69) is 6.07 Å². The summed E-state index contributed by atoms with van der Waals surface area (Å²) in [5.74, 6) is -2.15. The maximum absolute atomic E-state index is 12.2. The molecule has 1 atom stereocenters. The van der Waals surface area contributed by atoms with Crippen LogP contribution in [0.2, 0.25) is 0 Å². The van der Waals surface area contributed by atoms with Crippen LogP contribution in [0.1, 0.15) is 63.0 Å². The van der Waals surface area contributed by atoms with Gasteiger partial charge in [0.25, 0.3) is 0 Å². The normalized spacial score (nSPS) is 18.9. The number of amides is 1. The summed E-state index contributed by atoms with van der Waals surface area (Å²) in [6.07, 6.45) is 5.54. The number of hydrogen-bond donors (Lipinski definition) is 2. The zero-order valence-electron chi connectivity index (χ0n) is 13.3. The summed E-state index contributed by atoms with van der Waals surface area (Å²) >= 11 is 0. The van der Waals surface area contributed by atoms with E-state index in [0.29, 0.717) is 5.56 Å². The number of carboxylic acid groups (broad SMARTS) is 1. The zero-order chi connectivity index (χ0) is 16.3. The second-order valence-corrected chi connectivity index (χ2v) is 6.47. The van der Waals surface area contributed by atoms with E-state index in [4.69, 9.17) is 5.73 Å². The van der Waals surface area contributed by atoms with Crippen molar-refractivity contribution in [3.63, 3.8) is 0 Å². The van der Waals surface area contributed by atoms with Crippen molar-refractivity contribution in [2.24, 2.45) is 11.7 Å². The number of aliphatic carboxylic acids is 1. The van der Waals surface area contributed by atoms with Crippen LogP contribution in [0.5, 0.6) is 0 Å². The van der Waals surface area contributed by atoms with Crippen molar-refractivity contribution in [2.45, 2.75) is 57.3 Å². The molecule has 0 aromatic heterocycles. The van der Waals surface area contributed by atoms with Gasteiger partial charge in [0.05, 0.1) is 0 Å². The molecule has 4 nitrogen and oxygen atoms in total. The van der Waals surface area contributed by atoms with Gasteiger partial charge in [0.1, 0.15) is 0 Å². The third-order valence-electron chi connectivity index (χ3n) is 4.92. The fourth-order valence-corrected chi connectivity index (χ4v) is 3.70. The molecule has 0 saturated heterocycles. The van der Waals surface area contributed by atoms with Crippen molar-refractivity contribution < 1.29 is 14.7 Å². The molecule has 1 unspecified atom stereocenters. The molecular formula is C18H24NO3. The average molecular weight is 302 g/mol. The molecule has 1 saturated carbocycles. The smallest absolute Gasteiger partial charge is 0.324 e. The lowest BCUT2D eigenvalue weighted by Crippen LogP contribution is -2.52. The number of benzene rings is 1. The molecule has 4 heteroatoms. The highest BCUT2D eigenvalue weighted by atomic mass is 16.4. The third kappa shape index (κ3) is 2.62. The molecule has 119 valence electrons. The Morgan fingerprint density at radius 3 is 2.45 bits per heavy atom. The van der Waals surface area contributed by atoms with Crippen LogP contribution in [-0.4, -0.2) is 17.0 Å². The Hall–Kier alpha value is -1.84. The van der Waals surface area contributed by atoms with Gasteiger partial charge >= 0.3 is 5.97 Å². The predicted octanol–water partition coefficient (Wildman–Crippen LogP) is 3.00. The fraction of sp³-hybridized carbons (Fsp3) is 0.556. The second kappa shape index (κ2) is 6.51. The van der Waals surface area contributed by atoms with Crippen molar-refractivity contribution in [1.82, 2.24) is 0 Å². The summed E-state index contributed by atoms with van der Waals surface area (Å²) in [7, 11) is 0. The van der Waals surface area contributed by atoms with E-state index < -0.39 is 23.2 Å². The Bertz CT molecular complexity index is 545. The summed E-state index contributed by atoms with van der Waals surface area (Å²) in [4.78, 5) is 24.2. The summed E-state index contributed by atoms with van der Waals surface area (Å²) in [6, 6.07) is 8.51. The first-order chi connectivity index (χ1) is 10.4. The lowest BCUT2D eigenvalue weighted by molar-refractivity contribution is -0.151. The quantitative estimate of drug-likeness (QED) is 0.820. The van der Waals surface area contributed by atoms with E-state index in [-0.39, 0.29) is 5.92 Å². The highest BCUT2D eigenvalue weighted by Gasteiger charge is 2.51. The lowest BCUT2D eigenvalue weighted by atomic mass is 9.67. The van der Waals surface area contributed by atoms with Crippen molar-refractivity contribution in [2.75, 3.05) is 0 Å². The number of rotatable bonds is 5. The zero-order valence-corrected chi connectivity index (χ0v) is 13.3. The molecule has 1 aromatic carbocycles. The molecule has 1 aliphatic rings. The molecule has 22 heavy (non-hydrogen) atoms. The van der Waals surface area contributed by atoms with Gasteiger partial charge in [0, 0.05) is 0 Å². The topological polar surface area (TPSA) is 80.4 Å². The minimum atomic E-state index is -1.71. The van der Waals surface area contributed by atoms with Crippen LogP contribution in [0.4, 0.5) is 0 Å². The van der Waals surface area contributed by atoms with Gasteiger partial charge in [-0.05, 0) is 41.9 Å². The number of primary amides is 1. The van der Waals surface area contributed by atoms with E-state index in [1.807, 2.05) is 12.1 Å². The van der Waals surface area contributed by atoms with Crippen LogP contribution in [0.3, 0.4) is 0 Å². The molecule has 1 radical (unpaired) electrons. The van der Waals surface area contributed by atoms with Gasteiger partial charge in [0.2, 0.25) is 5.91 Å². The summed E-state index contributed by atoms with van der Waals surface area (Å²) < 4.78 is 0. The van der Waals surface area contributed by atoms with Gasteiger partial charge in [-0.25, -0.2) is 0 Å². The Morgan fingerprint density at radius 2 is 1.95 bits per heavy atom. The van der Waals surface area contributed by atoms with Crippen LogP contribution in [0.15, 0.2) is 18.2 Å². The minimum absolute atomic E-state index is 0.290. The van der Waals surface area contributed by atoms with Crippen molar-refractivity contribution in [1.29, 1.82) is 0 Å². The average Bonchev–Trinajstić information content (AvgIpc) is 2.48. The van der Waals surface area contributed by atoms with E-state index in [9.17, 15) is 14.7 Å². The highest BCUT2D eigenvalue weighted by Crippen LogP contribution is 2.41. The number of nitrogens with two attached hydrogens (primary N) is 1. The Labute approximate surface area is 131 Å².